The van der Waals surface area contributed by atoms with Crippen LogP contribution in [-0.4, -0.2) is 41.7 Å². The summed E-state index contributed by atoms with van der Waals surface area (Å²) in [6.45, 7) is 4.04. The summed E-state index contributed by atoms with van der Waals surface area (Å²) >= 11 is 6.72. The Morgan fingerprint density at radius 2 is 2.11 bits per heavy atom. The number of aliphatic hydroxyl groups excluding tert-OH is 1. The van der Waals surface area contributed by atoms with Gasteiger partial charge < -0.3 is 14.7 Å². The van der Waals surface area contributed by atoms with Crippen LogP contribution in [0.3, 0.4) is 0 Å². The van der Waals surface area contributed by atoms with Gasteiger partial charge >= 0.3 is 0 Å². The molecule has 4 nitrogen and oxygen atoms in total. The number of hydrogen-bond donors (Lipinski definition) is 1. The zero-order valence-electron chi connectivity index (χ0n) is 10.9. The second kappa shape index (κ2) is 7.87. The van der Waals surface area contributed by atoms with Crippen molar-refractivity contribution in [3.63, 3.8) is 0 Å². The molecule has 0 unspecified atom stereocenters. The number of nitrogens with zero attached hydrogens (tertiary/aromatic N) is 1. The number of carbonyl (C=O) groups is 1. The maximum Gasteiger partial charge on any atom is 0.260 e. The number of carbonyl (C=O) groups excluding carboxylic acids is 1. The molecule has 0 aromatic heterocycles. The number of aliphatic hydroxyl groups is 1. The fourth-order valence-corrected chi connectivity index (χ4v) is 2.75. The van der Waals surface area contributed by atoms with Crippen molar-refractivity contribution in [2.45, 2.75) is 19.9 Å². The third-order valence-corrected chi connectivity index (χ3v) is 3.64. The summed E-state index contributed by atoms with van der Waals surface area (Å²) in [4.78, 5) is 13.6. The zero-order chi connectivity index (χ0) is 14.4. The summed E-state index contributed by atoms with van der Waals surface area (Å²) in [7, 11) is 0. The fourth-order valence-electron chi connectivity index (χ4n) is 1.59. The van der Waals surface area contributed by atoms with E-state index in [2.05, 4.69) is 31.9 Å². The molecule has 0 fully saturated rings. The van der Waals surface area contributed by atoms with Gasteiger partial charge in [0, 0.05) is 17.1 Å². The highest BCUT2D eigenvalue weighted by atomic mass is 79.9. The van der Waals surface area contributed by atoms with E-state index in [4.69, 9.17) is 9.84 Å². The maximum absolute atomic E-state index is 12.0. The molecule has 0 saturated heterocycles. The van der Waals surface area contributed by atoms with E-state index in [0.29, 0.717) is 12.3 Å². The highest BCUT2D eigenvalue weighted by molar-refractivity contribution is 9.11. The molecular weight excluding hydrogens is 378 g/mol. The number of rotatable bonds is 6. The first-order chi connectivity index (χ1) is 8.95. The molecule has 0 atom stereocenters. The van der Waals surface area contributed by atoms with Crippen molar-refractivity contribution in [3.05, 3.63) is 27.1 Å². The van der Waals surface area contributed by atoms with Gasteiger partial charge in [-0.25, -0.2) is 0 Å². The first kappa shape index (κ1) is 16.5. The molecule has 0 aliphatic rings. The normalized spacial score (nSPS) is 10.6. The van der Waals surface area contributed by atoms with E-state index in [1.807, 2.05) is 26.0 Å². The Balaban J connectivity index is 2.62. The lowest BCUT2D eigenvalue weighted by atomic mass is 10.3. The first-order valence-electron chi connectivity index (χ1n) is 5.94. The molecule has 0 spiro atoms. The van der Waals surface area contributed by atoms with Crippen LogP contribution in [-0.2, 0) is 4.79 Å². The molecule has 0 saturated carbocycles. The lowest BCUT2D eigenvalue weighted by Crippen LogP contribution is -2.41. The number of amides is 1. The predicted octanol–water partition coefficient (Wildman–Crippen LogP) is 2.82. The van der Waals surface area contributed by atoms with Crippen LogP contribution in [0.5, 0.6) is 5.75 Å². The molecule has 1 N–H and O–H groups in total. The molecule has 0 aliphatic carbocycles. The Bertz CT molecular complexity index is 438. The molecule has 0 bridgehead atoms. The van der Waals surface area contributed by atoms with Crippen molar-refractivity contribution in [2.24, 2.45) is 0 Å². The second-order valence-corrected chi connectivity index (χ2v) is 6.04. The van der Waals surface area contributed by atoms with Crippen molar-refractivity contribution in [1.82, 2.24) is 4.90 Å². The fraction of sp³-hybridized carbons (Fsp3) is 0.462. The molecule has 1 aromatic rings. The number of ether oxygens (including phenoxy) is 1. The summed E-state index contributed by atoms with van der Waals surface area (Å²) in [6.07, 6.45) is 0. The number of benzene rings is 1. The van der Waals surface area contributed by atoms with Crippen LogP contribution in [0.15, 0.2) is 27.1 Å². The molecule has 0 heterocycles. The minimum Gasteiger partial charge on any atom is -0.483 e. The van der Waals surface area contributed by atoms with Crippen molar-refractivity contribution in [3.8, 4) is 5.75 Å². The van der Waals surface area contributed by atoms with E-state index in [1.54, 1.807) is 11.0 Å². The van der Waals surface area contributed by atoms with E-state index in [0.717, 1.165) is 8.95 Å². The van der Waals surface area contributed by atoms with Gasteiger partial charge in [-0.1, -0.05) is 15.9 Å². The third-order valence-electron chi connectivity index (χ3n) is 2.53. The quantitative estimate of drug-likeness (QED) is 0.806. The zero-order valence-corrected chi connectivity index (χ0v) is 14.1. The van der Waals surface area contributed by atoms with Crippen LogP contribution in [0.1, 0.15) is 13.8 Å². The van der Waals surface area contributed by atoms with Gasteiger partial charge in [-0.2, -0.15) is 0 Å². The van der Waals surface area contributed by atoms with Crippen LogP contribution < -0.4 is 4.74 Å². The minimum absolute atomic E-state index is 0.0385. The van der Waals surface area contributed by atoms with Crippen LogP contribution in [0.2, 0.25) is 0 Å². The van der Waals surface area contributed by atoms with Crippen LogP contribution in [0.25, 0.3) is 0 Å². The van der Waals surface area contributed by atoms with Crippen molar-refractivity contribution in [1.29, 1.82) is 0 Å². The van der Waals surface area contributed by atoms with E-state index >= 15 is 0 Å². The molecule has 106 valence electrons. The Kier molecular flexibility index (Phi) is 6.82. The van der Waals surface area contributed by atoms with Gasteiger partial charge in [-0.3, -0.25) is 4.79 Å². The molecular formula is C13H17Br2NO3. The van der Waals surface area contributed by atoms with Crippen molar-refractivity contribution < 1.29 is 14.6 Å². The average molecular weight is 395 g/mol. The summed E-state index contributed by atoms with van der Waals surface area (Å²) < 4.78 is 7.21. The highest BCUT2D eigenvalue weighted by Crippen LogP contribution is 2.28. The Hall–Kier alpha value is -0.590. The summed E-state index contributed by atoms with van der Waals surface area (Å²) in [5.41, 5.74) is 0. The maximum atomic E-state index is 12.0. The highest BCUT2D eigenvalue weighted by Gasteiger charge is 2.17. The van der Waals surface area contributed by atoms with Gasteiger partial charge in [0.1, 0.15) is 5.75 Å². The molecule has 6 heteroatoms. The van der Waals surface area contributed by atoms with Gasteiger partial charge in [0.05, 0.1) is 11.1 Å². The number of halogens is 2. The van der Waals surface area contributed by atoms with Gasteiger partial charge in [0.15, 0.2) is 6.61 Å². The van der Waals surface area contributed by atoms with E-state index < -0.39 is 0 Å². The average Bonchev–Trinajstić information content (AvgIpc) is 2.34. The van der Waals surface area contributed by atoms with Crippen molar-refractivity contribution >= 4 is 37.8 Å². The largest absolute Gasteiger partial charge is 0.483 e. The summed E-state index contributed by atoms with van der Waals surface area (Å²) in [5, 5.41) is 8.95. The first-order valence-corrected chi connectivity index (χ1v) is 7.52. The molecule has 0 radical (unpaired) electrons. The standard InChI is InChI=1S/C13H17Br2NO3/c1-9(2)16(5-6-17)13(18)8-19-12-4-3-10(14)7-11(12)15/h3-4,7,9,17H,5-6,8H2,1-2H3. The van der Waals surface area contributed by atoms with Crippen LogP contribution >= 0.6 is 31.9 Å². The molecule has 19 heavy (non-hydrogen) atoms. The van der Waals surface area contributed by atoms with Gasteiger partial charge in [-0.15, -0.1) is 0 Å². The van der Waals surface area contributed by atoms with E-state index in [-0.39, 0.29) is 25.2 Å². The predicted molar refractivity (Wildman–Crippen MR) is 81.3 cm³/mol. The summed E-state index contributed by atoms with van der Waals surface area (Å²) in [5.74, 6) is 0.475. The smallest absolute Gasteiger partial charge is 0.260 e. The second-order valence-electron chi connectivity index (χ2n) is 4.27. The third kappa shape index (κ3) is 5.12. The van der Waals surface area contributed by atoms with Crippen LogP contribution in [0.4, 0.5) is 0 Å². The minimum atomic E-state index is -0.140. The topological polar surface area (TPSA) is 49.8 Å². The van der Waals surface area contributed by atoms with Crippen molar-refractivity contribution in [2.75, 3.05) is 19.8 Å². The molecule has 1 rings (SSSR count). The molecule has 1 amide bonds. The van der Waals surface area contributed by atoms with Gasteiger partial charge in [0.25, 0.3) is 5.91 Å². The molecule has 1 aromatic carbocycles. The van der Waals surface area contributed by atoms with Gasteiger partial charge in [-0.05, 0) is 48.0 Å². The number of hydrogen-bond acceptors (Lipinski definition) is 3. The monoisotopic (exact) mass is 393 g/mol. The van der Waals surface area contributed by atoms with E-state index in [9.17, 15) is 4.79 Å². The van der Waals surface area contributed by atoms with Crippen LogP contribution in [0, 0.1) is 0 Å². The summed E-state index contributed by atoms with van der Waals surface area (Å²) in [6, 6.07) is 5.52. The lowest BCUT2D eigenvalue weighted by molar-refractivity contribution is -0.135. The van der Waals surface area contributed by atoms with Gasteiger partial charge in [0.2, 0.25) is 0 Å². The molecule has 0 aliphatic heterocycles. The lowest BCUT2D eigenvalue weighted by Gasteiger charge is -2.25. The Morgan fingerprint density at radius 3 is 2.63 bits per heavy atom. The Morgan fingerprint density at radius 1 is 1.42 bits per heavy atom. The van der Waals surface area contributed by atoms with E-state index in [1.165, 1.54) is 0 Å². The SMILES string of the molecule is CC(C)N(CCO)C(=O)COc1ccc(Br)cc1Br. The Labute approximate surface area is 130 Å².